The van der Waals surface area contributed by atoms with Crippen molar-refractivity contribution in [3.63, 3.8) is 0 Å². The number of carbonyl (C=O) groups is 3. The number of rotatable bonds is 9. The summed E-state index contributed by atoms with van der Waals surface area (Å²) in [6, 6.07) is 2.88. The maximum atomic E-state index is 11.2. The van der Waals surface area contributed by atoms with E-state index in [2.05, 4.69) is 29.2 Å². The van der Waals surface area contributed by atoms with E-state index >= 15 is 0 Å². The van der Waals surface area contributed by atoms with Gasteiger partial charge in [-0.15, -0.1) is 0 Å². The minimum Gasteiger partial charge on any atom is -0.867 e. The Labute approximate surface area is 252 Å². The van der Waals surface area contributed by atoms with Crippen LogP contribution in [0.3, 0.4) is 0 Å². The molecular weight excluding hydrogens is 620 g/mol. The molecule has 1 radical (unpaired) electrons. The molecule has 0 atom stereocenters. The molecule has 3 amide bonds. The van der Waals surface area contributed by atoms with Crippen molar-refractivity contribution in [2.45, 2.75) is 0 Å². The fourth-order valence-electron chi connectivity index (χ4n) is 2.48. The molecule has 9 N–H and O–H groups in total. The number of carbonyl (C=O) groups excluding carboxylic acids is 3. The summed E-state index contributed by atoms with van der Waals surface area (Å²) in [5.41, 5.74) is 13.1. The number of nitrogens with two attached hydrogens (primary N) is 3. The van der Waals surface area contributed by atoms with Crippen LogP contribution in [-0.4, -0.2) is 57.0 Å². The molecule has 3 aromatic rings. The first kappa shape index (κ1) is 38.1. The Hall–Kier alpha value is -4.94. The van der Waals surface area contributed by atoms with Crippen molar-refractivity contribution in [1.82, 2.24) is 16.0 Å². The smallest absolute Gasteiger partial charge is 0.867 e. The molecule has 0 aliphatic carbocycles. The van der Waals surface area contributed by atoms with Crippen molar-refractivity contribution in [1.29, 1.82) is 0 Å². The van der Waals surface area contributed by atoms with Crippen LogP contribution >= 0.6 is 0 Å². The SMILES string of the molecule is NCCNC(=O)c1occc(=O)c1[O-].NCCNC(=O)c1occc(=O)c1[O-].NCCNC(=O)c1occc(=O)c1[O-].[Fe+3]. The van der Waals surface area contributed by atoms with Crippen molar-refractivity contribution in [2.24, 2.45) is 17.2 Å². The van der Waals surface area contributed by atoms with E-state index in [0.29, 0.717) is 0 Å². The normalized spacial score (nSPS) is 9.56. The fraction of sp³-hybridized carbons (Fsp3) is 0.250. The van der Waals surface area contributed by atoms with Crippen molar-refractivity contribution >= 4 is 17.7 Å². The molecule has 3 rings (SSSR count). The molecule has 3 heterocycles. The summed E-state index contributed by atoms with van der Waals surface area (Å²) in [4.78, 5) is 66.1. The zero-order valence-corrected chi connectivity index (χ0v) is 23.3. The molecule has 0 saturated carbocycles. The first-order valence-electron chi connectivity index (χ1n) is 11.8. The molecule has 18 nitrogen and oxygen atoms in total. The van der Waals surface area contributed by atoms with Gasteiger partial charge in [-0.2, -0.15) is 0 Å². The topological polar surface area (TPSA) is 325 Å². The zero-order valence-electron chi connectivity index (χ0n) is 22.2. The summed E-state index contributed by atoms with van der Waals surface area (Å²) in [6.07, 6.45) is 3.00. The van der Waals surface area contributed by atoms with Gasteiger partial charge in [0.25, 0.3) is 17.7 Å². The van der Waals surface area contributed by atoms with Crippen LogP contribution in [0.5, 0.6) is 17.2 Å². The molecule has 233 valence electrons. The molecule has 0 aliphatic heterocycles. The number of hydrogen-bond acceptors (Lipinski definition) is 15. The van der Waals surface area contributed by atoms with E-state index in [1.807, 2.05) is 0 Å². The Morgan fingerprint density at radius 2 is 0.791 bits per heavy atom. The van der Waals surface area contributed by atoms with Gasteiger partial charge in [0, 0.05) is 57.5 Å². The molecule has 0 aliphatic rings. The van der Waals surface area contributed by atoms with Gasteiger partial charge in [0.05, 0.1) is 18.8 Å². The van der Waals surface area contributed by atoms with Crippen LogP contribution in [0.2, 0.25) is 0 Å². The van der Waals surface area contributed by atoms with Crippen molar-refractivity contribution < 1.29 is 60.0 Å². The largest absolute Gasteiger partial charge is 3.00 e. The van der Waals surface area contributed by atoms with Crippen LogP contribution in [0.15, 0.2) is 64.6 Å². The second kappa shape index (κ2) is 20.0. The number of hydrogen-bond donors (Lipinski definition) is 6. The van der Waals surface area contributed by atoms with Gasteiger partial charge in [0.1, 0.15) is 0 Å². The number of nitrogens with one attached hydrogen (secondary N) is 3. The fourth-order valence-corrected chi connectivity index (χ4v) is 2.48. The van der Waals surface area contributed by atoms with Gasteiger partial charge in [0.15, 0.2) is 33.6 Å². The standard InChI is InChI=1S/3C8H10N2O4.Fe/c3*9-2-3-10-8(13)7-6(12)5(11)1-4-14-7;/h3*1,4,12H,2-3,9H2,(H,10,13);/q;;;+3/p-3. The summed E-state index contributed by atoms with van der Waals surface area (Å²) >= 11 is 0. The van der Waals surface area contributed by atoms with Crippen LogP contribution < -0.4 is 64.8 Å². The third-order valence-electron chi connectivity index (χ3n) is 4.41. The van der Waals surface area contributed by atoms with E-state index in [1.54, 1.807) is 0 Å². The van der Waals surface area contributed by atoms with Gasteiger partial charge in [0.2, 0.25) is 0 Å². The Bertz CT molecular complexity index is 1340. The summed E-state index contributed by atoms with van der Waals surface area (Å²) in [5.74, 6) is -6.52. The summed E-state index contributed by atoms with van der Waals surface area (Å²) in [5, 5.41) is 40.2. The maximum Gasteiger partial charge on any atom is 3.00 e. The summed E-state index contributed by atoms with van der Waals surface area (Å²) in [7, 11) is 0. The Kier molecular flexibility index (Phi) is 17.7. The van der Waals surface area contributed by atoms with Crippen LogP contribution in [0.1, 0.15) is 31.7 Å². The molecule has 3 aromatic heterocycles. The van der Waals surface area contributed by atoms with Gasteiger partial charge in [-0.1, -0.05) is 0 Å². The van der Waals surface area contributed by atoms with Crippen molar-refractivity contribution in [3.8, 4) is 17.2 Å². The molecule has 0 bridgehead atoms. The summed E-state index contributed by atoms with van der Waals surface area (Å²) in [6.45, 7) is 1.40. The van der Waals surface area contributed by atoms with Crippen LogP contribution in [0.25, 0.3) is 0 Å². The van der Waals surface area contributed by atoms with E-state index in [-0.39, 0.29) is 56.3 Å². The molecule has 0 saturated heterocycles. The number of amides is 3. The van der Waals surface area contributed by atoms with Gasteiger partial charge >= 0.3 is 17.1 Å². The molecule has 0 aromatic carbocycles. The molecule has 43 heavy (non-hydrogen) atoms. The minimum absolute atomic E-state index is 0. The Morgan fingerprint density at radius 3 is 1.00 bits per heavy atom. The monoisotopic (exact) mass is 647 g/mol. The third kappa shape index (κ3) is 12.2. The van der Waals surface area contributed by atoms with E-state index in [0.717, 1.165) is 37.0 Å². The van der Waals surface area contributed by atoms with Crippen molar-refractivity contribution in [2.75, 3.05) is 39.3 Å². The maximum absolute atomic E-state index is 11.2. The van der Waals surface area contributed by atoms with Gasteiger partial charge in [-0.3, -0.25) is 28.8 Å². The van der Waals surface area contributed by atoms with E-state index in [9.17, 15) is 44.1 Å². The van der Waals surface area contributed by atoms with Crippen LogP contribution in [-0.2, 0) is 17.1 Å². The van der Waals surface area contributed by atoms with Crippen molar-refractivity contribution in [3.05, 3.63) is 84.9 Å². The van der Waals surface area contributed by atoms with Crippen LogP contribution in [0.4, 0.5) is 0 Å². The van der Waals surface area contributed by atoms with Gasteiger partial charge < -0.3 is 61.7 Å². The second-order valence-corrected chi connectivity index (χ2v) is 7.46. The predicted molar refractivity (Wildman–Crippen MR) is 137 cm³/mol. The average Bonchev–Trinajstić information content (AvgIpc) is 2.98. The molecule has 0 fully saturated rings. The zero-order chi connectivity index (χ0) is 31.7. The minimum atomic E-state index is -0.943. The summed E-state index contributed by atoms with van der Waals surface area (Å²) < 4.78 is 13.9. The molecule has 0 unspecified atom stereocenters. The first-order chi connectivity index (χ1) is 20.0. The quantitative estimate of drug-likeness (QED) is 0.119. The Morgan fingerprint density at radius 1 is 0.558 bits per heavy atom. The average molecular weight is 647 g/mol. The van der Waals surface area contributed by atoms with Gasteiger partial charge in [-0.25, -0.2) is 0 Å². The first-order valence-corrected chi connectivity index (χ1v) is 11.8. The van der Waals surface area contributed by atoms with Gasteiger partial charge in [-0.05, 0) is 17.2 Å². The van der Waals surface area contributed by atoms with E-state index in [1.165, 1.54) is 0 Å². The molecular formula is C24H27FeN6O12. The third-order valence-corrected chi connectivity index (χ3v) is 4.41. The second-order valence-electron chi connectivity index (χ2n) is 7.46. The van der Waals surface area contributed by atoms with E-state index < -0.39 is 68.5 Å². The molecule has 19 heteroatoms. The van der Waals surface area contributed by atoms with E-state index in [4.69, 9.17) is 17.2 Å². The molecule has 0 spiro atoms. The van der Waals surface area contributed by atoms with Crippen LogP contribution in [0, 0.1) is 0 Å². The Balaban J connectivity index is 0.000000608. The predicted octanol–water partition coefficient (Wildman–Crippen LogP) is -4.80.